The Kier molecular flexibility index (Phi) is 7.15. The van der Waals surface area contributed by atoms with Crippen molar-refractivity contribution >= 4 is 40.8 Å². The predicted octanol–water partition coefficient (Wildman–Crippen LogP) is 4.96. The number of hydrogen-bond donors (Lipinski definition) is 1. The van der Waals surface area contributed by atoms with E-state index in [0.29, 0.717) is 16.8 Å². The van der Waals surface area contributed by atoms with E-state index in [-0.39, 0.29) is 10.7 Å². The van der Waals surface area contributed by atoms with Crippen molar-refractivity contribution in [1.29, 1.82) is 0 Å². The van der Waals surface area contributed by atoms with Crippen LogP contribution in [0.1, 0.15) is 12.5 Å². The molecule has 0 aliphatic carbocycles. The van der Waals surface area contributed by atoms with E-state index in [2.05, 4.69) is 5.32 Å². The van der Waals surface area contributed by atoms with E-state index in [1.54, 1.807) is 24.3 Å². The Bertz CT molecular complexity index is 857. The first-order valence-corrected chi connectivity index (χ1v) is 8.57. The smallest absolute Gasteiger partial charge is 0.416 e. The summed E-state index contributed by atoms with van der Waals surface area (Å²) in [6.45, 7) is 0.693. The van der Waals surface area contributed by atoms with Crippen LogP contribution in [0.15, 0.2) is 42.5 Å². The topological polar surface area (TPSA) is 64.6 Å². The minimum absolute atomic E-state index is 0.0906. The molecule has 150 valence electrons. The van der Waals surface area contributed by atoms with Gasteiger partial charge in [0.25, 0.3) is 5.91 Å². The number of hydrogen-bond acceptors (Lipinski definition) is 4. The zero-order chi connectivity index (χ0) is 20.9. The number of ether oxygens (including phenoxy) is 2. The van der Waals surface area contributed by atoms with Crippen LogP contribution in [0.2, 0.25) is 10.0 Å². The number of nitrogens with one attached hydrogen (secondary N) is 1. The monoisotopic (exact) mass is 435 g/mol. The molecule has 10 heteroatoms. The molecule has 28 heavy (non-hydrogen) atoms. The van der Waals surface area contributed by atoms with Gasteiger partial charge in [-0.3, -0.25) is 4.79 Å². The number of carbonyl (C=O) groups excluding carboxylic acids is 2. The third-order valence-corrected chi connectivity index (χ3v) is 3.95. The first-order valence-electron chi connectivity index (χ1n) is 7.81. The fourth-order valence-electron chi connectivity index (χ4n) is 2.00. The van der Waals surface area contributed by atoms with Crippen molar-refractivity contribution < 1.29 is 32.2 Å². The molecular formula is C18H14Cl2F3NO4. The van der Waals surface area contributed by atoms with Crippen molar-refractivity contribution in [3.8, 4) is 5.75 Å². The third-order valence-electron chi connectivity index (χ3n) is 3.37. The lowest BCUT2D eigenvalue weighted by molar-refractivity contribution is -0.153. The number of esters is 1. The molecular weight excluding hydrogens is 422 g/mol. The van der Waals surface area contributed by atoms with Gasteiger partial charge in [0.15, 0.2) is 12.7 Å². The van der Waals surface area contributed by atoms with Crippen molar-refractivity contribution in [2.45, 2.75) is 19.2 Å². The summed E-state index contributed by atoms with van der Waals surface area (Å²) >= 11 is 11.5. The van der Waals surface area contributed by atoms with Gasteiger partial charge < -0.3 is 14.8 Å². The highest BCUT2D eigenvalue weighted by molar-refractivity contribution is 6.33. The molecule has 0 bridgehead atoms. The molecule has 0 fully saturated rings. The molecule has 0 saturated carbocycles. The lowest BCUT2D eigenvalue weighted by Crippen LogP contribution is -2.29. The second kappa shape index (κ2) is 9.16. The summed E-state index contributed by atoms with van der Waals surface area (Å²) in [6.07, 6.45) is -5.61. The summed E-state index contributed by atoms with van der Waals surface area (Å²) in [7, 11) is 0. The Labute approximate surface area is 168 Å². The fourth-order valence-corrected chi connectivity index (χ4v) is 2.29. The number of alkyl halides is 3. The van der Waals surface area contributed by atoms with Crippen molar-refractivity contribution in [3.63, 3.8) is 0 Å². The van der Waals surface area contributed by atoms with Gasteiger partial charge in [0, 0.05) is 5.02 Å². The van der Waals surface area contributed by atoms with Gasteiger partial charge in [0.05, 0.1) is 16.3 Å². The first kappa shape index (κ1) is 21.8. The highest BCUT2D eigenvalue weighted by atomic mass is 35.5. The van der Waals surface area contributed by atoms with E-state index in [1.807, 2.05) is 0 Å². The molecule has 0 heterocycles. The van der Waals surface area contributed by atoms with Crippen LogP contribution in [0.3, 0.4) is 0 Å². The average Bonchev–Trinajstić information content (AvgIpc) is 2.62. The normalized spacial score (nSPS) is 12.2. The summed E-state index contributed by atoms with van der Waals surface area (Å²) in [5, 5.41) is 2.57. The molecule has 2 aromatic carbocycles. The number of anilines is 1. The maximum absolute atomic E-state index is 12.7. The van der Waals surface area contributed by atoms with E-state index >= 15 is 0 Å². The maximum atomic E-state index is 12.7. The van der Waals surface area contributed by atoms with Crippen molar-refractivity contribution in [3.05, 3.63) is 58.1 Å². The minimum atomic E-state index is -4.59. The predicted molar refractivity (Wildman–Crippen MR) is 97.6 cm³/mol. The van der Waals surface area contributed by atoms with Gasteiger partial charge in [0.2, 0.25) is 0 Å². The van der Waals surface area contributed by atoms with Crippen molar-refractivity contribution in [2.24, 2.45) is 0 Å². The van der Waals surface area contributed by atoms with E-state index < -0.39 is 36.3 Å². The number of rotatable bonds is 6. The average molecular weight is 436 g/mol. The Morgan fingerprint density at radius 1 is 1.11 bits per heavy atom. The molecule has 2 aromatic rings. The molecule has 1 atom stereocenters. The summed E-state index contributed by atoms with van der Waals surface area (Å²) in [5.41, 5.74) is -1.22. The Morgan fingerprint density at radius 2 is 1.75 bits per heavy atom. The summed E-state index contributed by atoms with van der Waals surface area (Å²) in [5.74, 6) is -1.32. The van der Waals surface area contributed by atoms with Crippen molar-refractivity contribution in [2.75, 3.05) is 11.9 Å². The van der Waals surface area contributed by atoms with E-state index in [4.69, 9.17) is 32.7 Å². The summed E-state index contributed by atoms with van der Waals surface area (Å²) in [4.78, 5) is 23.8. The van der Waals surface area contributed by atoms with E-state index in [9.17, 15) is 22.8 Å². The van der Waals surface area contributed by atoms with Crippen LogP contribution in [-0.2, 0) is 20.5 Å². The van der Waals surface area contributed by atoms with Crippen molar-refractivity contribution in [1.82, 2.24) is 0 Å². The number of carbonyl (C=O) groups is 2. The second-order valence-corrected chi connectivity index (χ2v) is 6.41. The Hall–Kier alpha value is -2.45. The van der Waals surface area contributed by atoms with Crippen LogP contribution >= 0.6 is 23.2 Å². The van der Waals surface area contributed by atoms with Crippen LogP contribution in [0.5, 0.6) is 5.75 Å². The summed E-state index contributed by atoms with van der Waals surface area (Å²) < 4.78 is 48.4. The van der Waals surface area contributed by atoms with E-state index in [0.717, 1.165) is 12.1 Å². The molecule has 0 radical (unpaired) electrons. The molecule has 1 unspecified atom stereocenters. The largest absolute Gasteiger partial charge is 0.479 e. The number of halogens is 5. The third kappa shape index (κ3) is 6.31. The Morgan fingerprint density at radius 3 is 2.36 bits per heavy atom. The summed E-state index contributed by atoms with van der Waals surface area (Å²) in [6, 6.07) is 8.72. The van der Waals surface area contributed by atoms with Gasteiger partial charge in [0.1, 0.15) is 5.75 Å². The minimum Gasteiger partial charge on any atom is -0.479 e. The van der Waals surface area contributed by atoms with Gasteiger partial charge in [-0.15, -0.1) is 0 Å². The number of amides is 1. The number of benzene rings is 2. The van der Waals surface area contributed by atoms with Gasteiger partial charge in [-0.2, -0.15) is 13.2 Å². The van der Waals surface area contributed by atoms with Gasteiger partial charge >= 0.3 is 12.1 Å². The maximum Gasteiger partial charge on any atom is 0.416 e. The van der Waals surface area contributed by atoms with Crippen LogP contribution in [0, 0.1) is 0 Å². The SMILES string of the molecule is CC(Oc1ccc(Cl)cc1)C(=O)OCC(=O)Nc1cc(C(F)(F)F)ccc1Cl. The molecule has 1 N–H and O–H groups in total. The van der Waals surface area contributed by atoms with Crippen LogP contribution < -0.4 is 10.1 Å². The molecule has 0 aliphatic heterocycles. The zero-order valence-corrected chi connectivity index (χ0v) is 15.9. The second-order valence-electron chi connectivity index (χ2n) is 5.56. The first-order chi connectivity index (χ1) is 13.1. The van der Waals surface area contributed by atoms with Gasteiger partial charge in [-0.25, -0.2) is 4.79 Å². The molecule has 5 nitrogen and oxygen atoms in total. The van der Waals surface area contributed by atoms with E-state index in [1.165, 1.54) is 6.92 Å². The van der Waals surface area contributed by atoms with Gasteiger partial charge in [-0.1, -0.05) is 23.2 Å². The van der Waals surface area contributed by atoms with Crippen LogP contribution in [-0.4, -0.2) is 24.6 Å². The highest BCUT2D eigenvalue weighted by Gasteiger charge is 2.31. The molecule has 0 spiro atoms. The Balaban J connectivity index is 1.89. The standard InChI is InChI=1S/C18H14Cl2F3NO4/c1-10(28-13-5-3-12(19)4-6-13)17(26)27-9-16(25)24-15-8-11(18(21,22)23)2-7-14(15)20/h2-8,10H,9H2,1H3,(H,24,25). The lowest BCUT2D eigenvalue weighted by Gasteiger charge is -2.14. The highest BCUT2D eigenvalue weighted by Crippen LogP contribution is 2.33. The molecule has 1 amide bonds. The molecule has 0 aromatic heterocycles. The van der Waals surface area contributed by atoms with Crippen LogP contribution in [0.4, 0.5) is 18.9 Å². The van der Waals surface area contributed by atoms with Gasteiger partial charge in [-0.05, 0) is 49.4 Å². The molecule has 2 rings (SSSR count). The molecule has 0 aliphatic rings. The molecule has 0 saturated heterocycles. The quantitative estimate of drug-likeness (QED) is 0.651. The lowest BCUT2D eigenvalue weighted by atomic mass is 10.2. The fraction of sp³-hybridized carbons (Fsp3) is 0.222. The zero-order valence-electron chi connectivity index (χ0n) is 14.3. The van der Waals surface area contributed by atoms with Crippen LogP contribution in [0.25, 0.3) is 0 Å².